The summed E-state index contributed by atoms with van der Waals surface area (Å²) in [6.07, 6.45) is 1.67. The van der Waals surface area contributed by atoms with Gasteiger partial charge >= 0.3 is 0 Å². The van der Waals surface area contributed by atoms with Crippen molar-refractivity contribution in [2.24, 2.45) is 0 Å². The number of halogens is 3. The number of aliphatic hydroxyl groups is 1. The summed E-state index contributed by atoms with van der Waals surface area (Å²) in [5.74, 6) is 0.338. The van der Waals surface area contributed by atoms with Crippen LogP contribution < -0.4 is 4.72 Å². The summed E-state index contributed by atoms with van der Waals surface area (Å²) in [5, 5.41) is 9.72. The molecule has 3 rings (SSSR count). The highest BCUT2D eigenvalue weighted by atomic mass is 79.9. The van der Waals surface area contributed by atoms with Crippen LogP contribution in [0.3, 0.4) is 0 Å². The third-order valence-corrected chi connectivity index (χ3v) is 5.82. The highest BCUT2D eigenvalue weighted by Crippen LogP contribution is 2.31. The second-order valence-electron chi connectivity index (χ2n) is 5.72. The molecule has 26 heavy (non-hydrogen) atoms. The largest absolute Gasteiger partial charge is 0.395 e. The number of aromatic nitrogens is 2. The van der Waals surface area contributed by atoms with Crippen LogP contribution in [-0.2, 0) is 0 Å². The number of nitrogens with one attached hydrogen (secondary N) is 2. The van der Waals surface area contributed by atoms with Crippen LogP contribution in [-0.4, -0.2) is 27.7 Å². The monoisotopic (exact) mass is 455 g/mol. The van der Waals surface area contributed by atoms with Crippen LogP contribution in [0.5, 0.6) is 0 Å². The Kier molecular flexibility index (Phi) is 6.37. The summed E-state index contributed by atoms with van der Waals surface area (Å²) in [5.41, 5.74) is 2.30. The van der Waals surface area contributed by atoms with E-state index >= 15 is 0 Å². The zero-order valence-corrected chi connectivity index (χ0v) is 16.9. The predicted molar refractivity (Wildman–Crippen MR) is 108 cm³/mol. The number of aromatic amines is 1. The summed E-state index contributed by atoms with van der Waals surface area (Å²) in [4.78, 5) is 8.43. The standard InChI is InChI=1S/C18H16BrClFN3OS/c1-10(9-25)24-26-17-7-12(3-5-14(17)20)18-22-8-16(23-18)11-2-4-13(19)15(21)6-11/h2-8,10,24-25H,9H2,1H3,(H,22,23). The molecular weight excluding hydrogens is 441 g/mol. The van der Waals surface area contributed by atoms with E-state index in [0.717, 1.165) is 16.2 Å². The Morgan fingerprint density at radius 1 is 1.31 bits per heavy atom. The SMILES string of the molecule is CC(CO)NSc1cc(-c2ncc(-c3ccc(Br)c(F)c3)[nH]2)ccc1Cl. The second kappa shape index (κ2) is 8.54. The van der Waals surface area contributed by atoms with Crippen molar-refractivity contribution in [3.63, 3.8) is 0 Å². The van der Waals surface area contributed by atoms with Crippen LogP contribution in [0.4, 0.5) is 4.39 Å². The minimum absolute atomic E-state index is 0.0373. The fourth-order valence-electron chi connectivity index (χ4n) is 2.21. The second-order valence-corrected chi connectivity index (χ2v) is 7.86. The van der Waals surface area contributed by atoms with Crippen molar-refractivity contribution in [1.29, 1.82) is 0 Å². The predicted octanol–water partition coefficient (Wildman–Crippen LogP) is 5.28. The van der Waals surface area contributed by atoms with Crippen LogP contribution in [0, 0.1) is 5.82 Å². The van der Waals surface area contributed by atoms with E-state index in [9.17, 15) is 4.39 Å². The average Bonchev–Trinajstić information content (AvgIpc) is 3.13. The maximum Gasteiger partial charge on any atom is 0.138 e. The van der Waals surface area contributed by atoms with Crippen molar-refractivity contribution in [3.8, 4) is 22.6 Å². The van der Waals surface area contributed by atoms with Gasteiger partial charge in [-0.15, -0.1) is 0 Å². The molecule has 0 radical (unpaired) electrons. The van der Waals surface area contributed by atoms with Crippen molar-refractivity contribution < 1.29 is 9.50 Å². The number of aliphatic hydroxyl groups excluding tert-OH is 1. The minimum atomic E-state index is -0.326. The number of hydrogen-bond donors (Lipinski definition) is 3. The van der Waals surface area contributed by atoms with E-state index in [1.807, 2.05) is 25.1 Å². The van der Waals surface area contributed by atoms with E-state index in [1.165, 1.54) is 18.0 Å². The third-order valence-electron chi connectivity index (χ3n) is 3.65. The number of nitrogens with zero attached hydrogens (tertiary/aromatic N) is 1. The Balaban J connectivity index is 1.85. The average molecular weight is 457 g/mol. The molecule has 2 aromatic carbocycles. The molecule has 1 unspecified atom stereocenters. The Bertz CT molecular complexity index is 921. The lowest BCUT2D eigenvalue weighted by atomic mass is 10.2. The van der Waals surface area contributed by atoms with Gasteiger partial charge in [0.2, 0.25) is 0 Å². The van der Waals surface area contributed by atoms with Gasteiger partial charge < -0.3 is 10.1 Å². The molecule has 1 aromatic heterocycles. The van der Waals surface area contributed by atoms with Crippen LogP contribution in [0.25, 0.3) is 22.6 Å². The first-order valence-electron chi connectivity index (χ1n) is 7.81. The van der Waals surface area contributed by atoms with Gasteiger partial charge in [0.25, 0.3) is 0 Å². The summed E-state index contributed by atoms with van der Waals surface area (Å²) in [7, 11) is 0. The summed E-state index contributed by atoms with van der Waals surface area (Å²) in [6.45, 7) is 1.91. The molecule has 0 aliphatic rings. The lowest BCUT2D eigenvalue weighted by molar-refractivity contribution is 0.267. The summed E-state index contributed by atoms with van der Waals surface area (Å²) in [6, 6.07) is 10.4. The van der Waals surface area contributed by atoms with E-state index < -0.39 is 0 Å². The molecule has 3 N–H and O–H groups in total. The lowest BCUT2D eigenvalue weighted by Crippen LogP contribution is -2.22. The highest BCUT2D eigenvalue weighted by molar-refractivity contribution is 9.10. The first-order valence-corrected chi connectivity index (χ1v) is 9.80. The molecule has 0 aliphatic heterocycles. The highest BCUT2D eigenvalue weighted by Gasteiger charge is 2.11. The first kappa shape index (κ1) is 19.4. The molecule has 3 aromatic rings. The molecule has 0 spiro atoms. The summed E-state index contributed by atoms with van der Waals surface area (Å²) < 4.78 is 17.3. The van der Waals surface area contributed by atoms with Gasteiger partial charge in [-0.1, -0.05) is 17.7 Å². The van der Waals surface area contributed by atoms with Gasteiger partial charge in [-0.25, -0.2) is 9.37 Å². The van der Waals surface area contributed by atoms with Gasteiger partial charge in [0, 0.05) is 22.1 Å². The van der Waals surface area contributed by atoms with E-state index in [-0.39, 0.29) is 18.5 Å². The smallest absolute Gasteiger partial charge is 0.138 e. The normalized spacial score (nSPS) is 12.3. The fraction of sp³-hybridized carbons (Fsp3) is 0.167. The van der Waals surface area contributed by atoms with E-state index in [4.69, 9.17) is 16.7 Å². The van der Waals surface area contributed by atoms with E-state index in [0.29, 0.717) is 20.9 Å². The number of benzene rings is 2. The number of hydrogen-bond acceptors (Lipinski definition) is 4. The van der Waals surface area contributed by atoms with Crippen molar-refractivity contribution in [1.82, 2.24) is 14.7 Å². The van der Waals surface area contributed by atoms with E-state index in [1.54, 1.807) is 18.3 Å². The Morgan fingerprint density at radius 3 is 2.81 bits per heavy atom. The molecule has 0 saturated carbocycles. The summed E-state index contributed by atoms with van der Waals surface area (Å²) >= 11 is 10.8. The van der Waals surface area contributed by atoms with Gasteiger partial charge in [-0.05, 0) is 65.1 Å². The van der Waals surface area contributed by atoms with Crippen molar-refractivity contribution >= 4 is 39.5 Å². The Labute approximate surface area is 168 Å². The lowest BCUT2D eigenvalue weighted by Gasteiger charge is -2.11. The minimum Gasteiger partial charge on any atom is -0.395 e. The molecule has 0 bridgehead atoms. The molecule has 0 amide bonds. The maximum absolute atomic E-state index is 13.7. The van der Waals surface area contributed by atoms with Gasteiger partial charge in [0.15, 0.2) is 0 Å². The van der Waals surface area contributed by atoms with Crippen LogP contribution >= 0.6 is 39.5 Å². The molecule has 1 atom stereocenters. The van der Waals surface area contributed by atoms with Gasteiger partial charge in [0.05, 0.1) is 28.0 Å². The van der Waals surface area contributed by atoms with Crippen molar-refractivity contribution in [2.45, 2.75) is 17.9 Å². The number of imidazole rings is 1. The van der Waals surface area contributed by atoms with Gasteiger partial charge in [-0.3, -0.25) is 4.72 Å². The molecule has 8 heteroatoms. The quantitative estimate of drug-likeness (QED) is 0.442. The third kappa shape index (κ3) is 4.47. The zero-order valence-electron chi connectivity index (χ0n) is 13.8. The Hall–Kier alpha value is -1.38. The van der Waals surface area contributed by atoms with E-state index in [2.05, 4.69) is 30.6 Å². The number of rotatable bonds is 6. The van der Waals surface area contributed by atoms with Crippen molar-refractivity contribution in [3.05, 3.63) is 57.9 Å². The maximum atomic E-state index is 13.7. The van der Waals surface area contributed by atoms with Gasteiger partial charge in [0.1, 0.15) is 11.6 Å². The van der Waals surface area contributed by atoms with Crippen molar-refractivity contribution in [2.75, 3.05) is 6.61 Å². The first-order chi connectivity index (χ1) is 12.5. The van der Waals surface area contributed by atoms with Crippen LogP contribution in [0.1, 0.15) is 6.92 Å². The topological polar surface area (TPSA) is 60.9 Å². The molecule has 0 fully saturated rings. The van der Waals surface area contributed by atoms with Crippen LogP contribution in [0.2, 0.25) is 5.02 Å². The number of H-pyrrole nitrogens is 1. The molecule has 1 heterocycles. The molecular formula is C18H16BrClFN3OS. The van der Waals surface area contributed by atoms with Crippen LogP contribution in [0.15, 0.2) is 52.0 Å². The van der Waals surface area contributed by atoms with Gasteiger partial charge in [-0.2, -0.15) is 0 Å². The molecule has 0 aliphatic carbocycles. The molecule has 4 nitrogen and oxygen atoms in total. The Morgan fingerprint density at radius 2 is 2.08 bits per heavy atom. The zero-order chi connectivity index (χ0) is 18.7. The molecule has 0 saturated heterocycles. The molecule has 136 valence electrons. The fourth-order valence-corrected chi connectivity index (χ4v) is 3.44.